The van der Waals surface area contributed by atoms with Gasteiger partial charge in [-0.3, -0.25) is 9.78 Å². The van der Waals surface area contributed by atoms with Crippen molar-refractivity contribution < 1.29 is 4.79 Å². The summed E-state index contributed by atoms with van der Waals surface area (Å²) in [6, 6.07) is 12.9. The largest absolute Gasteiger partial charge is 0.320 e. The van der Waals surface area contributed by atoms with E-state index in [0.717, 1.165) is 26.6 Å². The zero-order chi connectivity index (χ0) is 17.1. The van der Waals surface area contributed by atoms with Crippen LogP contribution in [0.25, 0.3) is 21.6 Å². The molecule has 0 radical (unpaired) electrons. The maximum Gasteiger partial charge on any atom is 0.241 e. The number of pyridine rings is 1. The predicted octanol–water partition coefficient (Wildman–Crippen LogP) is 4.42. The number of nitrogens with two attached hydrogens (primary N) is 1. The molecule has 0 unspecified atom stereocenters. The Morgan fingerprint density at radius 2 is 1.83 bits per heavy atom. The first kappa shape index (κ1) is 16.6. The fraction of sp³-hybridized carbons (Fsp3) is 0.111. The van der Waals surface area contributed by atoms with Crippen molar-refractivity contribution in [3.8, 4) is 21.6 Å². The Kier molecular flexibility index (Phi) is 4.94. The van der Waals surface area contributed by atoms with Crippen molar-refractivity contribution in [3.63, 3.8) is 0 Å². The maximum atomic E-state index is 11.9. The Bertz CT molecular complexity index is 844. The molecule has 2 heterocycles. The minimum atomic E-state index is -0.560. The zero-order valence-corrected chi connectivity index (χ0v) is 14.6. The van der Waals surface area contributed by atoms with Crippen LogP contribution in [0.15, 0.2) is 54.9 Å². The number of benzene rings is 1. The molecule has 1 amide bonds. The van der Waals surface area contributed by atoms with E-state index in [-0.39, 0.29) is 5.91 Å². The molecule has 1 aromatic carbocycles. The summed E-state index contributed by atoms with van der Waals surface area (Å²) in [6.45, 7) is 1.66. The summed E-state index contributed by atoms with van der Waals surface area (Å²) in [5.41, 5.74) is 8.74. The number of halogens is 1. The van der Waals surface area contributed by atoms with Crippen LogP contribution >= 0.6 is 22.9 Å². The molecule has 0 aliphatic heterocycles. The minimum absolute atomic E-state index is 0.208. The van der Waals surface area contributed by atoms with E-state index in [4.69, 9.17) is 17.3 Å². The highest BCUT2D eigenvalue weighted by Crippen LogP contribution is 2.41. The van der Waals surface area contributed by atoms with Gasteiger partial charge < -0.3 is 11.1 Å². The van der Waals surface area contributed by atoms with Gasteiger partial charge in [0.05, 0.1) is 11.0 Å². The first-order valence-electron chi connectivity index (χ1n) is 7.41. The van der Waals surface area contributed by atoms with Crippen LogP contribution in [0.2, 0.25) is 5.02 Å². The number of carbonyl (C=O) groups excluding carboxylic acids is 1. The molecular formula is C18H16ClN3OS. The van der Waals surface area contributed by atoms with E-state index in [2.05, 4.69) is 10.3 Å². The van der Waals surface area contributed by atoms with Crippen molar-refractivity contribution in [2.75, 3.05) is 5.32 Å². The van der Waals surface area contributed by atoms with Gasteiger partial charge in [0.1, 0.15) is 0 Å². The standard InChI is InChI=1S/C18H16ClN3OS/c1-11(20)18(23)22-16-10-15(12-2-4-14(19)5-3-12)17(24-16)13-6-8-21-9-7-13/h2-11H,20H2,1H3,(H,22,23)/t11-/m0/s1. The molecule has 1 atom stereocenters. The van der Waals surface area contributed by atoms with E-state index in [9.17, 15) is 4.79 Å². The number of nitrogens with zero attached hydrogens (tertiary/aromatic N) is 1. The summed E-state index contributed by atoms with van der Waals surface area (Å²) in [5, 5.41) is 4.31. The molecule has 24 heavy (non-hydrogen) atoms. The van der Waals surface area contributed by atoms with E-state index in [0.29, 0.717) is 5.02 Å². The number of hydrogen-bond donors (Lipinski definition) is 2. The van der Waals surface area contributed by atoms with E-state index in [1.807, 2.05) is 42.5 Å². The Balaban J connectivity index is 2.06. The SMILES string of the molecule is C[C@H](N)C(=O)Nc1cc(-c2ccc(Cl)cc2)c(-c2ccncc2)s1. The lowest BCUT2D eigenvalue weighted by molar-refractivity contribution is -0.117. The summed E-state index contributed by atoms with van der Waals surface area (Å²) < 4.78 is 0. The molecule has 0 saturated heterocycles. The smallest absolute Gasteiger partial charge is 0.241 e. The van der Waals surface area contributed by atoms with Gasteiger partial charge in [0.2, 0.25) is 5.91 Å². The minimum Gasteiger partial charge on any atom is -0.320 e. The summed E-state index contributed by atoms with van der Waals surface area (Å²) in [5.74, 6) is -0.208. The van der Waals surface area contributed by atoms with Gasteiger partial charge in [-0.2, -0.15) is 0 Å². The van der Waals surface area contributed by atoms with Gasteiger partial charge in [-0.05, 0) is 48.4 Å². The summed E-state index contributed by atoms with van der Waals surface area (Å²) in [4.78, 5) is 17.0. The fourth-order valence-electron chi connectivity index (χ4n) is 2.25. The molecule has 6 heteroatoms. The zero-order valence-electron chi connectivity index (χ0n) is 13.0. The number of thiophene rings is 1. The molecular weight excluding hydrogens is 342 g/mol. The molecule has 3 rings (SSSR count). The van der Waals surface area contributed by atoms with E-state index >= 15 is 0 Å². The van der Waals surface area contributed by atoms with Crippen molar-refractivity contribution in [2.45, 2.75) is 13.0 Å². The maximum absolute atomic E-state index is 11.9. The van der Waals surface area contributed by atoms with Crippen LogP contribution in [-0.2, 0) is 4.79 Å². The molecule has 0 saturated carbocycles. The van der Waals surface area contributed by atoms with Gasteiger partial charge >= 0.3 is 0 Å². The van der Waals surface area contributed by atoms with Crippen molar-refractivity contribution >= 4 is 33.8 Å². The fourth-order valence-corrected chi connectivity index (χ4v) is 3.46. The molecule has 0 fully saturated rings. The van der Waals surface area contributed by atoms with Crippen LogP contribution in [0.3, 0.4) is 0 Å². The van der Waals surface area contributed by atoms with Crippen LogP contribution in [0.4, 0.5) is 5.00 Å². The Hall–Kier alpha value is -2.21. The Labute approximate surface area is 149 Å². The predicted molar refractivity (Wildman–Crippen MR) is 100 cm³/mol. The van der Waals surface area contributed by atoms with Gasteiger partial charge in [-0.1, -0.05) is 23.7 Å². The van der Waals surface area contributed by atoms with Gasteiger partial charge in [0, 0.05) is 27.9 Å². The molecule has 0 bridgehead atoms. The number of rotatable bonds is 4. The quantitative estimate of drug-likeness (QED) is 0.726. The summed E-state index contributed by atoms with van der Waals surface area (Å²) in [6.07, 6.45) is 3.50. The molecule has 0 spiro atoms. The second-order valence-electron chi connectivity index (χ2n) is 5.37. The first-order valence-corrected chi connectivity index (χ1v) is 8.60. The van der Waals surface area contributed by atoms with E-state index in [1.165, 1.54) is 11.3 Å². The Morgan fingerprint density at radius 1 is 1.17 bits per heavy atom. The second kappa shape index (κ2) is 7.13. The lowest BCUT2D eigenvalue weighted by atomic mass is 10.0. The third-order valence-corrected chi connectivity index (χ3v) is 4.84. The highest BCUT2D eigenvalue weighted by molar-refractivity contribution is 7.20. The number of anilines is 1. The van der Waals surface area contributed by atoms with Gasteiger partial charge in [-0.25, -0.2) is 0 Å². The van der Waals surface area contributed by atoms with Gasteiger partial charge in [0.25, 0.3) is 0 Å². The third kappa shape index (κ3) is 3.64. The number of nitrogens with one attached hydrogen (secondary N) is 1. The summed E-state index contributed by atoms with van der Waals surface area (Å²) >= 11 is 7.50. The van der Waals surface area contributed by atoms with Gasteiger partial charge in [-0.15, -0.1) is 11.3 Å². The normalized spacial score (nSPS) is 12.0. The van der Waals surface area contributed by atoms with Crippen LogP contribution in [0, 0.1) is 0 Å². The van der Waals surface area contributed by atoms with Crippen molar-refractivity contribution in [3.05, 3.63) is 59.9 Å². The van der Waals surface area contributed by atoms with Crippen LogP contribution in [-0.4, -0.2) is 16.9 Å². The average molecular weight is 358 g/mol. The van der Waals surface area contributed by atoms with Crippen LogP contribution in [0.1, 0.15) is 6.92 Å². The third-order valence-electron chi connectivity index (χ3n) is 3.49. The molecule has 4 nitrogen and oxygen atoms in total. The number of amides is 1. The second-order valence-corrected chi connectivity index (χ2v) is 6.86. The average Bonchev–Trinajstić information content (AvgIpc) is 3.00. The van der Waals surface area contributed by atoms with Crippen LogP contribution in [0.5, 0.6) is 0 Å². The lowest BCUT2D eigenvalue weighted by Crippen LogP contribution is -2.32. The monoisotopic (exact) mass is 357 g/mol. The number of aromatic nitrogens is 1. The Morgan fingerprint density at radius 3 is 2.46 bits per heavy atom. The first-order chi connectivity index (χ1) is 11.5. The van der Waals surface area contributed by atoms with Crippen molar-refractivity contribution in [1.29, 1.82) is 0 Å². The molecule has 2 aromatic heterocycles. The molecule has 3 aromatic rings. The van der Waals surface area contributed by atoms with Crippen molar-refractivity contribution in [1.82, 2.24) is 4.98 Å². The van der Waals surface area contributed by atoms with Gasteiger partial charge in [0.15, 0.2) is 0 Å². The topological polar surface area (TPSA) is 68.0 Å². The molecule has 122 valence electrons. The summed E-state index contributed by atoms with van der Waals surface area (Å²) in [7, 11) is 0. The highest BCUT2D eigenvalue weighted by atomic mass is 35.5. The highest BCUT2D eigenvalue weighted by Gasteiger charge is 2.16. The molecule has 3 N–H and O–H groups in total. The number of hydrogen-bond acceptors (Lipinski definition) is 4. The van der Waals surface area contributed by atoms with Crippen LogP contribution < -0.4 is 11.1 Å². The lowest BCUT2D eigenvalue weighted by Gasteiger charge is -2.04. The number of carbonyl (C=O) groups is 1. The van der Waals surface area contributed by atoms with Crippen molar-refractivity contribution in [2.24, 2.45) is 5.73 Å². The van der Waals surface area contributed by atoms with E-state index in [1.54, 1.807) is 19.3 Å². The molecule has 0 aliphatic carbocycles. The van der Waals surface area contributed by atoms with E-state index < -0.39 is 6.04 Å². The molecule has 0 aliphatic rings.